The first-order chi connectivity index (χ1) is 12.1. The molecular formula is C17H24N4O5. The number of nitro groups is 1. The summed E-state index contributed by atoms with van der Waals surface area (Å²) >= 11 is 0. The molecule has 0 bridgehead atoms. The smallest absolute Gasteiger partial charge is 0.410 e. The molecule has 0 unspecified atom stereocenters. The second-order valence-electron chi connectivity index (χ2n) is 7.00. The number of benzene rings is 1. The zero-order valence-electron chi connectivity index (χ0n) is 15.4. The van der Waals surface area contributed by atoms with Crippen LogP contribution in [0.4, 0.5) is 16.2 Å². The molecule has 1 saturated heterocycles. The fourth-order valence-corrected chi connectivity index (χ4v) is 2.63. The molecule has 1 aliphatic heterocycles. The number of nitro benzene ring substituents is 1. The van der Waals surface area contributed by atoms with E-state index in [0.29, 0.717) is 31.9 Å². The van der Waals surface area contributed by atoms with Gasteiger partial charge in [0.15, 0.2) is 0 Å². The second-order valence-corrected chi connectivity index (χ2v) is 7.00. The monoisotopic (exact) mass is 364 g/mol. The Bertz CT molecular complexity index is 706. The lowest BCUT2D eigenvalue weighted by Crippen LogP contribution is -2.51. The number of carbonyl (C=O) groups is 2. The Morgan fingerprint density at radius 2 is 1.73 bits per heavy atom. The molecule has 9 nitrogen and oxygen atoms in total. The minimum atomic E-state index is -0.575. The first-order valence-corrected chi connectivity index (χ1v) is 8.36. The lowest BCUT2D eigenvalue weighted by atomic mass is 10.1. The Kier molecular flexibility index (Phi) is 5.69. The van der Waals surface area contributed by atoms with Crippen LogP contribution in [0.3, 0.4) is 0 Å². The lowest BCUT2D eigenvalue weighted by Gasteiger charge is -2.35. The highest BCUT2D eigenvalue weighted by molar-refractivity contribution is 6.00. The Morgan fingerprint density at radius 3 is 2.23 bits per heavy atom. The van der Waals surface area contributed by atoms with E-state index in [0.717, 1.165) is 0 Å². The average molecular weight is 364 g/mol. The largest absolute Gasteiger partial charge is 0.444 e. The summed E-state index contributed by atoms with van der Waals surface area (Å²) in [6, 6.07) is 4.14. The van der Waals surface area contributed by atoms with Gasteiger partial charge in [-0.05, 0) is 26.8 Å². The molecule has 1 aliphatic rings. The van der Waals surface area contributed by atoms with Crippen LogP contribution in [0, 0.1) is 10.1 Å². The van der Waals surface area contributed by atoms with E-state index in [1.165, 1.54) is 18.2 Å². The summed E-state index contributed by atoms with van der Waals surface area (Å²) in [6.07, 6.45) is -0.407. The number of carbonyl (C=O) groups excluding carboxylic acids is 2. The van der Waals surface area contributed by atoms with Crippen molar-refractivity contribution in [1.82, 2.24) is 9.80 Å². The van der Waals surface area contributed by atoms with Crippen LogP contribution in [0.2, 0.25) is 0 Å². The molecule has 2 amide bonds. The van der Waals surface area contributed by atoms with Crippen LogP contribution >= 0.6 is 0 Å². The van der Waals surface area contributed by atoms with Crippen molar-refractivity contribution in [2.75, 3.05) is 38.5 Å². The Hall–Kier alpha value is -2.84. The first-order valence-electron chi connectivity index (χ1n) is 8.36. The highest BCUT2D eigenvalue weighted by atomic mass is 16.6. The summed E-state index contributed by atoms with van der Waals surface area (Å²) in [6.45, 7) is 6.77. The van der Waals surface area contributed by atoms with Crippen molar-refractivity contribution >= 4 is 23.4 Å². The standard InChI is InChI=1S/C17H24N4O5/c1-17(2,3)26-16(23)20-9-7-19(8-10-20)15(22)13-11-12(21(24)25)5-6-14(13)18-4/h5-6,11,18H,7-10H2,1-4H3. The maximum Gasteiger partial charge on any atom is 0.410 e. The van der Waals surface area contributed by atoms with Gasteiger partial charge in [0, 0.05) is 51.0 Å². The quantitative estimate of drug-likeness (QED) is 0.652. The molecule has 0 aromatic heterocycles. The minimum absolute atomic E-state index is 0.139. The van der Waals surface area contributed by atoms with Crippen molar-refractivity contribution in [3.8, 4) is 0 Å². The van der Waals surface area contributed by atoms with E-state index in [4.69, 9.17) is 4.74 Å². The van der Waals surface area contributed by atoms with Crippen LogP contribution < -0.4 is 5.32 Å². The van der Waals surface area contributed by atoms with Crippen molar-refractivity contribution in [3.05, 3.63) is 33.9 Å². The third-order valence-electron chi connectivity index (χ3n) is 3.93. The Labute approximate surface area is 152 Å². The van der Waals surface area contributed by atoms with Gasteiger partial charge in [-0.1, -0.05) is 0 Å². The normalized spacial score (nSPS) is 14.8. The van der Waals surface area contributed by atoms with E-state index in [1.54, 1.807) is 37.6 Å². The van der Waals surface area contributed by atoms with Gasteiger partial charge in [0.25, 0.3) is 11.6 Å². The van der Waals surface area contributed by atoms with Crippen molar-refractivity contribution in [3.63, 3.8) is 0 Å². The van der Waals surface area contributed by atoms with Gasteiger partial charge in [-0.25, -0.2) is 4.79 Å². The maximum absolute atomic E-state index is 12.8. The molecule has 9 heteroatoms. The number of anilines is 1. The van der Waals surface area contributed by atoms with Gasteiger partial charge in [-0.2, -0.15) is 0 Å². The number of non-ortho nitro benzene ring substituents is 1. The molecule has 0 radical (unpaired) electrons. The van der Waals surface area contributed by atoms with E-state index in [9.17, 15) is 19.7 Å². The average Bonchev–Trinajstić information content (AvgIpc) is 2.59. The lowest BCUT2D eigenvalue weighted by molar-refractivity contribution is -0.384. The SMILES string of the molecule is CNc1ccc([N+](=O)[O-])cc1C(=O)N1CCN(C(=O)OC(C)(C)C)CC1. The fraction of sp³-hybridized carbons (Fsp3) is 0.529. The van der Waals surface area contributed by atoms with E-state index in [1.807, 2.05) is 0 Å². The summed E-state index contributed by atoms with van der Waals surface area (Å²) in [5, 5.41) is 13.9. The number of ether oxygens (including phenoxy) is 1. The third kappa shape index (κ3) is 4.62. The van der Waals surface area contributed by atoms with Crippen molar-refractivity contribution < 1.29 is 19.2 Å². The van der Waals surface area contributed by atoms with Crippen LogP contribution in [0.15, 0.2) is 18.2 Å². The van der Waals surface area contributed by atoms with E-state index >= 15 is 0 Å². The summed E-state index contributed by atoms with van der Waals surface area (Å²) in [7, 11) is 1.65. The van der Waals surface area contributed by atoms with E-state index < -0.39 is 16.6 Å². The van der Waals surface area contributed by atoms with Crippen LogP contribution in [0.25, 0.3) is 0 Å². The fourth-order valence-electron chi connectivity index (χ4n) is 2.63. The molecule has 26 heavy (non-hydrogen) atoms. The third-order valence-corrected chi connectivity index (χ3v) is 3.93. The van der Waals surface area contributed by atoms with E-state index in [-0.39, 0.29) is 17.2 Å². The zero-order chi connectivity index (χ0) is 19.5. The van der Waals surface area contributed by atoms with Crippen molar-refractivity contribution in [2.24, 2.45) is 0 Å². The van der Waals surface area contributed by atoms with Crippen LogP contribution in [-0.2, 0) is 4.74 Å². The molecule has 1 heterocycles. The summed E-state index contributed by atoms with van der Waals surface area (Å²) in [4.78, 5) is 38.5. The predicted molar refractivity (Wildman–Crippen MR) is 96.4 cm³/mol. The van der Waals surface area contributed by atoms with Gasteiger partial charge < -0.3 is 19.9 Å². The highest BCUT2D eigenvalue weighted by Crippen LogP contribution is 2.24. The summed E-state index contributed by atoms with van der Waals surface area (Å²) in [5.41, 5.74) is 0.0525. The Balaban J connectivity index is 2.08. The van der Waals surface area contributed by atoms with Gasteiger partial charge in [-0.3, -0.25) is 14.9 Å². The van der Waals surface area contributed by atoms with Crippen molar-refractivity contribution in [1.29, 1.82) is 0 Å². The highest BCUT2D eigenvalue weighted by Gasteiger charge is 2.29. The van der Waals surface area contributed by atoms with Gasteiger partial charge in [0.05, 0.1) is 10.5 Å². The molecular weight excluding hydrogens is 340 g/mol. The minimum Gasteiger partial charge on any atom is -0.444 e. The van der Waals surface area contributed by atoms with E-state index in [2.05, 4.69) is 5.32 Å². The number of nitrogens with one attached hydrogen (secondary N) is 1. The number of hydrogen-bond acceptors (Lipinski definition) is 6. The maximum atomic E-state index is 12.8. The Morgan fingerprint density at radius 1 is 1.15 bits per heavy atom. The van der Waals surface area contributed by atoms with Crippen molar-refractivity contribution in [2.45, 2.75) is 26.4 Å². The number of nitrogens with zero attached hydrogens (tertiary/aromatic N) is 3. The summed E-state index contributed by atoms with van der Waals surface area (Å²) < 4.78 is 5.33. The molecule has 142 valence electrons. The predicted octanol–water partition coefficient (Wildman–Crippen LogP) is 2.33. The molecule has 0 aliphatic carbocycles. The molecule has 0 saturated carbocycles. The number of rotatable bonds is 3. The zero-order valence-corrected chi connectivity index (χ0v) is 15.4. The second kappa shape index (κ2) is 7.59. The van der Waals surface area contributed by atoms with Crippen LogP contribution in [-0.4, -0.2) is 65.6 Å². The molecule has 1 aromatic rings. The van der Waals surface area contributed by atoms with Gasteiger partial charge >= 0.3 is 6.09 Å². The molecule has 0 spiro atoms. The number of amides is 2. The number of hydrogen-bond donors (Lipinski definition) is 1. The van der Waals surface area contributed by atoms with Gasteiger partial charge in [0.2, 0.25) is 0 Å². The topological polar surface area (TPSA) is 105 Å². The summed E-state index contributed by atoms with van der Waals surface area (Å²) in [5.74, 6) is -0.304. The molecule has 0 atom stereocenters. The molecule has 2 rings (SSSR count). The molecule has 1 aromatic carbocycles. The molecule has 1 N–H and O–H groups in total. The van der Waals surface area contributed by atoms with Gasteiger partial charge in [-0.15, -0.1) is 0 Å². The number of piperazine rings is 1. The first kappa shape index (κ1) is 19.5. The van der Waals surface area contributed by atoms with Crippen LogP contribution in [0.1, 0.15) is 31.1 Å². The van der Waals surface area contributed by atoms with Crippen LogP contribution in [0.5, 0.6) is 0 Å². The molecule has 1 fully saturated rings. The van der Waals surface area contributed by atoms with Gasteiger partial charge in [0.1, 0.15) is 5.60 Å².